The second kappa shape index (κ2) is 28.0. The number of anilines is 8. The van der Waals surface area contributed by atoms with Crippen LogP contribution in [0.25, 0.3) is 132 Å². The molecule has 20 aromatic carbocycles. The quantitative estimate of drug-likeness (QED) is 0.140. The maximum atomic E-state index is 2.70. The molecular weight excluding hydrogens is 1530 g/mol. The topological polar surface area (TPSA) is 13.0 Å². The van der Waals surface area contributed by atoms with E-state index < -0.39 is 32.3 Å². The van der Waals surface area contributed by atoms with Crippen LogP contribution in [-0.4, -0.2) is 0 Å². The van der Waals surface area contributed by atoms with Crippen LogP contribution in [0.2, 0.25) is 0 Å². The van der Waals surface area contributed by atoms with Crippen molar-refractivity contribution in [3.63, 3.8) is 0 Å². The lowest BCUT2D eigenvalue weighted by Gasteiger charge is -2.45. The van der Waals surface area contributed by atoms with Crippen molar-refractivity contribution >= 4 is 163 Å². The van der Waals surface area contributed by atoms with Gasteiger partial charge in [-0.1, -0.05) is 400 Å². The van der Waals surface area contributed by atoms with Crippen molar-refractivity contribution in [2.45, 2.75) is 0 Å². The van der Waals surface area contributed by atoms with Gasteiger partial charge >= 0.3 is 0 Å². The van der Waals surface area contributed by atoms with Crippen molar-refractivity contribution in [1.29, 1.82) is 0 Å². The number of fused-ring (bicyclic) bond motifs is 51. The van der Waals surface area contributed by atoms with Crippen LogP contribution in [-0.2, 0) is 0 Å². The Labute approximate surface area is 702 Å². The minimum absolute atomic E-state index is 0.618. The summed E-state index contributed by atoms with van der Waals surface area (Å²) in [5.41, 5.74) is 32.2. The van der Waals surface area contributed by atoms with E-state index in [9.17, 15) is 0 Å². The van der Waals surface area contributed by atoms with E-state index in [-0.39, 0.29) is 0 Å². The van der Waals surface area contributed by atoms with Crippen LogP contribution in [0, 0.1) is 0 Å². The molecule has 0 bridgehead atoms. The van der Waals surface area contributed by atoms with Crippen LogP contribution in [0.3, 0.4) is 0 Å². The van der Waals surface area contributed by atoms with E-state index in [2.05, 4.69) is 455 Å². The fourth-order valence-electron chi connectivity index (χ4n) is 20.1. The van der Waals surface area contributed by atoms with E-state index in [4.69, 9.17) is 0 Å². The minimum atomic E-state index is -0.764. The third-order valence-corrected chi connectivity index (χ3v) is 35.2. The highest BCUT2D eigenvalue weighted by atomic mass is 31.1. The van der Waals surface area contributed by atoms with Gasteiger partial charge in [-0.05, 0) is 108 Å². The Balaban J connectivity index is 0.0000000890. The molecule has 0 spiro atoms. The molecule has 120 heavy (non-hydrogen) atoms. The molecule has 8 heterocycles. The number of para-hydroxylation sites is 4. The highest BCUT2D eigenvalue weighted by molar-refractivity contribution is 7.77. The summed E-state index contributed by atoms with van der Waals surface area (Å²) in [7, 11) is -2.75. The van der Waals surface area contributed by atoms with E-state index in [1.54, 1.807) is 0 Å². The molecule has 560 valence electrons. The molecule has 20 aromatic rings. The van der Waals surface area contributed by atoms with E-state index in [1.165, 1.54) is 220 Å². The Bertz CT molecular complexity index is 7320. The molecule has 0 radical (unpaired) electrons. The van der Waals surface area contributed by atoms with Gasteiger partial charge in [0, 0.05) is 103 Å². The van der Waals surface area contributed by atoms with Crippen LogP contribution in [0.15, 0.2) is 437 Å². The number of rotatable bonds is 0. The first kappa shape index (κ1) is 69.5. The summed E-state index contributed by atoms with van der Waals surface area (Å²) in [5.74, 6) is 0. The molecule has 0 saturated heterocycles. The first-order valence-corrected chi connectivity index (χ1v) is 46.4. The molecule has 28 rings (SSSR count). The largest absolute Gasteiger partial charge is 0.310 e. The van der Waals surface area contributed by atoms with E-state index >= 15 is 0 Å². The summed E-state index contributed by atoms with van der Waals surface area (Å²) >= 11 is 0. The Morgan fingerprint density at radius 3 is 0.658 bits per heavy atom. The van der Waals surface area contributed by atoms with Gasteiger partial charge in [-0.15, -0.1) is 0 Å². The zero-order valence-electron chi connectivity index (χ0n) is 65.1. The van der Waals surface area contributed by atoms with Crippen molar-refractivity contribution in [1.82, 2.24) is 0 Å². The minimum Gasteiger partial charge on any atom is -0.310 e. The number of hydrogen-bond donors (Lipinski definition) is 0. The lowest BCUT2D eigenvalue weighted by Crippen LogP contribution is -2.34. The van der Waals surface area contributed by atoms with Gasteiger partial charge in [-0.2, -0.15) is 0 Å². The van der Waals surface area contributed by atoms with Crippen molar-refractivity contribution in [2.75, 3.05) is 18.7 Å². The van der Waals surface area contributed by atoms with E-state index in [1.807, 2.05) is 0 Å². The third kappa shape index (κ3) is 10.5. The molecular formula is C112H72N4P4. The molecule has 0 saturated carbocycles. The van der Waals surface area contributed by atoms with E-state index in [0.29, 0.717) is 0 Å². The standard InChI is InChI=1S/C32H20NP.2C28H18NP.C24H16NP/c1-3-11-23-21(9-1)17-19-27-25-13-5-7-15-29(25)34-30-16-8-6-14-26(30)28-20-18-22-10-2-4-12-24(22)32(28)33(34)31(23)27;1-2-10-20-18-26-24(17-19(20)9-1)23-13-5-8-16-28(23)30-27-15-7-4-12-22(27)21-11-3-6-14-25(21)29(26)30;1-2-10-20-19(9-1)17-18-24-23-13-5-8-16-27(23)30-26-15-7-4-12-22(26)21-11-3-6-14-25(21)29(30)28(20)24;1-5-13-21-17(9-1)19-11-3-7-15-23(19)26-24-16-8-4-12-20(24)18-10-2-6-14-22(18)25(21)26/h1-20H;2*1-18H;1-16H. The van der Waals surface area contributed by atoms with Crippen molar-refractivity contribution in [3.05, 3.63) is 437 Å². The molecule has 0 aliphatic carbocycles. The molecule has 0 aromatic heterocycles. The summed E-state index contributed by atoms with van der Waals surface area (Å²) in [6.45, 7) is 0. The SMILES string of the molecule is c1ccc2c(c1)-c1ccc3ccccc3c1N1c3c(ccc4ccccc34)-c3ccccc3P21.c1ccc2c(c1)-c1ccccc1P1c3ccccc3-c3cc4ccccc4cc3N21.c1ccc2c(c1)-c1ccccc1P1c3ccccc3-c3ccc4ccccc4c3N21.c1ccc2c(c1)-c1ccccc1P1c3ccccc3-c3ccccc3N21. The highest BCUT2D eigenvalue weighted by Crippen LogP contribution is 2.67. The summed E-state index contributed by atoms with van der Waals surface area (Å²) in [6.07, 6.45) is 0. The van der Waals surface area contributed by atoms with Crippen LogP contribution in [0.1, 0.15) is 0 Å². The normalized spacial score (nSPS) is 14.7. The van der Waals surface area contributed by atoms with Crippen molar-refractivity contribution in [3.8, 4) is 89.0 Å². The molecule has 8 aliphatic rings. The number of nitrogens with zero attached hydrogens (tertiary/aromatic N) is 4. The second-order valence-electron chi connectivity index (χ2n) is 31.5. The summed E-state index contributed by atoms with van der Waals surface area (Å²) in [5, 5.41) is 22.0. The number of benzene rings is 20. The Hall–Kier alpha value is -13.6. The summed E-state index contributed by atoms with van der Waals surface area (Å²) in [6, 6.07) is 161. The fraction of sp³-hybridized carbons (Fsp3) is 0. The molecule has 0 amide bonds. The number of hydrogen-bond acceptors (Lipinski definition) is 4. The molecule has 2 atom stereocenters. The van der Waals surface area contributed by atoms with Gasteiger partial charge < -0.3 is 18.7 Å². The molecule has 2 unspecified atom stereocenters. The van der Waals surface area contributed by atoms with Gasteiger partial charge in [0.1, 0.15) is 0 Å². The lowest BCUT2D eigenvalue weighted by atomic mass is 9.94. The summed E-state index contributed by atoms with van der Waals surface area (Å²) in [4.78, 5) is 0. The van der Waals surface area contributed by atoms with Crippen LogP contribution < -0.4 is 61.1 Å². The van der Waals surface area contributed by atoms with Crippen LogP contribution in [0.5, 0.6) is 0 Å². The van der Waals surface area contributed by atoms with Crippen LogP contribution >= 0.6 is 32.3 Å². The first-order chi connectivity index (χ1) is 59.6. The average Bonchev–Trinajstić information content (AvgIpc) is 0.697. The molecule has 0 fully saturated rings. The summed E-state index contributed by atoms with van der Waals surface area (Å²) < 4.78 is 10.6. The monoisotopic (exact) mass is 1600 g/mol. The maximum Gasteiger partial charge on any atom is 0.0612 e. The van der Waals surface area contributed by atoms with Gasteiger partial charge in [0.25, 0.3) is 0 Å². The average molecular weight is 1600 g/mol. The first-order valence-electron chi connectivity index (χ1n) is 41.3. The molecule has 4 nitrogen and oxygen atoms in total. The molecule has 8 heteroatoms. The predicted octanol–water partition coefficient (Wildman–Crippen LogP) is 27.9. The zero-order chi connectivity index (χ0) is 78.6. The highest BCUT2D eigenvalue weighted by Gasteiger charge is 2.45. The van der Waals surface area contributed by atoms with Gasteiger partial charge in [-0.25, -0.2) is 0 Å². The lowest BCUT2D eigenvalue weighted by molar-refractivity contribution is 1.38. The third-order valence-electron chi connectivity index (χ3n) is 25.1. The Morgan fingerprint density at radius 2 is 0.333 bits per heavy atom. The van der Waals surface area contributed by atoms with Gasteiger partial charge in [0.15, 0.2) is 0 Å². The second-order valence-corrected chi connectivity index (χ2v) is 39.4. The van der Waals surface area contributed by atoms with Crippen molar-refractivity contribution < 1.29 is 0 Å². The maximum absolute atomic E-state index is 2.70. The molecule has 0 N–H and O–H groups in total. The Kier molecular flexibility index (Phi) is 16.2. The van der Waals surface area contributed by atoms with E-state index in [0.717, 1.165) is 0 Å². The predicted molar refractivity (Wildman–Crippen MR) is 518 cm³/mol. The van der Waals surface area contributed by atoms with Gasteiger partial charge in [-0.3, -0.25) is 0 Å². The Morgan fingerprint density at radius 1 is 0.125 bits per heavy atom. The zero-order valence-corrected chi connectivity index (χ0v) is 68.7. The smallest absolute Gasteiger partial charge is 0.0612 e. The van der Waals surface area contributed by atoms with Gasteiger partial charge in [0.2, 0.25) is 0 Å². The fourth-order valence-corrected chi connectivity index (χ4v) is 31.2. The van der Waals surface area contributed by atoms with Crippen LogP contribution in [0.4, 0.5) is 45.5 Å². The molecule has 8 aliphatic heterocycles. The van der Waals surface area contributed by atoms with Gasteiger partial charge in [0.05, 0.1) is 77.8 Å². The van der Waals surface area contributed by atoms with Crippen molar-refractivity contribution in [2.24, 2.45) is 0 Å².